The van der Waals surface area contributed by atoms with Gasteiger partial charge in [-0.15, -0.1) is 12.3 Å². The lowest BCUT2D eigenvalue weighted by atomic mass is 10.1. The van der Waals surface area contributed by atoms with Crippen LogP contribution in [0.3, 0.4) is 0 Å². The second-order valence-corrected chi connectivity index (χ2v) is 5.46. The molecule has 0 unspecified atom stereocenters. The van der Waals surface area contributed by atoms with E-state index in [1.165, 1.54) is 44.9 Å². The molecule has 0 bridgehead atoms. The number of terminal acetylenes is 1. The van der Waals surface area contributed by atoms with Gasteiger partial charge in [0.1, 0.15) is 0 Å². The maximum absolute atomic E-state index is 11.5. The van der Waals surface area contributed by atoms with Crippen molar-refractivity contribution in [2.45, 2.75) is 90.4 Å². The van der Waals surface area contributed by atoms with E-state index in [1.807, 2.05) is 0 Å². The summed E-state index contributed by atoms with van der Waals surface area (Å²) >= 11 is 0. The molecule has 116 valence electrons. The van der Waals surface area contributed by atoms with Crippen LogP contribution in [-0.4, -0.2) is 12.6 Å². The molecule has 0 rings (SSSR count). The number of hydrogen-bond acceptors (Lipinski definition) is 2. The summed E-state index contributed by atoms with van der Waals surface area (Å²) in [6, 6.07) is 0. The molecule has 0 aliphatic carbocycles. The molecule has 0 saturated carbocycles. The molecule has 0 aliphatic rings. The molecule has 0 fully saturated rings. The Morgan fingerprint density at radius 3 is 2.20 bits per heavy atom. The number of carbonyl (C=O) groups is 1. The van der Waals surface area contributed by atoms with Gasteiger partial charge in [0.25, 0.3) is 0 Å². The molecule has 0 aromatic carbocycles. The van der Waals surface area contributed by atoms with Crippen molar-refractivity contribution in [2.75, 3.05) is 6.61 Å². The summed E-state index contributed by atoms with van der Waals surface area (Å²) in [6.45, 7) is 2.81. The molecule has 0 radical (unpaired) electrons. The largest absolute Gasteiger partial charge is 0.466 e. The monoisotopic (exact) mass is 280 g/mol. The molecule has 0 spiro atoms. The highest BCUT2D eigenvalue weighted by Crippen LogP contribution is 2.09. The third kappa shape index (κ3) is 15.1. The first-order valence-corrected chi connectivity index (χ1v) is 8.40. The van der Waals surface area contributed by atoms with Gasteiger partial charge in [0.2, 0.25) is 0 Å². The third-order valence-electron chi connectivity index (χ3n) is 3.46. The van der Waals surface area contributed by atoms with E-state index in [1.54, 1.807) is 0 Å². The van der Waals surface area contributed by atoms with E-state index in [2.05, 4.69) is 12.8 Å². The van der Waals surface area contributed by atoms with Gasteiger partial charge in [-0.25, -0.2) is 0 Å². The first-order valence-electron chi connectivity index (χ1n) is 8.40. The van der Waals surface area contributed by atoms with Gasteiger partial charge in [0.05, 0.1) is 6.61 Å². The highest BCUT2D eigenvalue weighted by molar-refractivity contribution is 5.69. The predicted octanol–water partition coefficient (Wildman–Crippen LogP) is 5.25. The summed E-state index contributed by atoms with van der Waals surface area (Å²) in [6.07, 6.45) is 19.5. The van der Waals surface area contributed by atoms with E-state index in [0.29, 0.717) is 13.0 Å². The second-order valence-electron chi connectivity index (χ2n) is 5.46. The average molecular weight is 280 g/mol. The number of rotatable bonds is 14. The number of unbranched alkanes of at least 4 members (excludes halogenated alkanes) is 10. The minimum Gasteiger partial charge on any atom is -0.466 e. The van der Waals surface area contributed by atoms with E-state index < -0.39 is 0 Å². The van der Waals surface area contributed by atoms with Crippen LogP contribution in [0.5, 0.6) is 0 Å². The SMILES string of the molecule is C#CCCCCCCCCC(=O)OCCCCCCC. The Balaban J connectivity index is 3.15. The zero-order valence-electron chi connectivity index (χ0n) is 13.3. The van der Waals surface area contributed by atoms with Crippen molar-refractivity contribution in [3.8, 4) is 12.3 Å². The molecule has 0 saturated heterocycles. The third-order valence-corrected chi connectivity index (χ3v) is 3.46. The molecule has 0 aliphatic heterocycles. The lowest BCUT2D eigenvalue weighted by Gasteiger charge is -2.05. The Morgan fingerprint density at radius 1 is 0.900 bits per heavy atom. The Bertz CT molecular complexity index is 253. The van der Waals surface area contributed by atoms with Crippen LogP contribution in [0.2, 0.25) is 0 Å². The normalized spacial score (nSPS) is 10.2. The van der Waals surface area contributed by atoms with Gasteiger partial charge in [-0.1, -0.05) is 58.3 Å². The summed E-state index contributed by atoms with van der Waals surface area (Å²) in [7, 11) is 0. The fraction of sp³-hybridized carbons (Fsp3) is 0.833. The van der Waals surface area contributed by atoms with E-state index in [4.69, 9.17) is 11.2 Å². The Kier molecular flexibility index (Phi) is 15.3. The van der Waals surface area contributed by atoms with Crippen LogP contribution in [0.25, 0.3) is 0 Å². The summed E-state index contributed by atoms with van der Waals surface area (Å²) < 4.78 is 5.22. The molecule has 20 heavy (non-hydrogen) atoms. The smallest absolute Gasteiger partial charge is 0.305 e. The number of ether oxygens (including phenoxy) is 1. The Morgan fingerprint density at radius 2 is 1.50 bits per heavy atom. The van der Waals surface area contributed by atoms with Crippen molar-refractivity contribution in [3.63, 3.8) is 0 Å². The van der Waals surface area contributed by atoms with Crippen LogP contribution in [0.4, 0.5) is 0 Å². The fourth-order valence-corrected chi connectivity index (χ4v) is 2.17. The molecule has 2 heteroatoms. The molecule has 2 nitrogen and oxygen atoms in total. The van der Waals surface area contributed by atoms with Crippen LogP contribution >= 0.6 is 0 Å². The maximum Gasteiger partial charge on any atom is 0.305 e. The van der Waals surface area contributed by atoms with Crippen molar-refractivity contribution >= 4 is 5.97 Å². The van der Waals surface area contributed by atoms with Crippen molar-refractivity contribution in [1.29, 1.82) is 0 Å². The molecular formula is C18H32O2. The molecular weight excluding hydrogens is 248 g/mol. The number of carbonyl (C=O) groups excluding carboxylic acids is 1. The Labute approximate surface area is 125 Å². The molecule has 0 aromatic rings. The summed E-state index contributed by atoms with van der Waals surface area (Å²) in [5, 5.41) is 0. The molecule has 0 aromatic heterocycles. The zero-order valence-corrected chi connectivity index (χ0v) is 13.3. The fourth-order valence-electron chi connectivity index (χ4n) is 2.17. The summed E-state index contributed by atoms with van der Waals surface area (Å²) in [4.78, 5) is 11.5. The minimum absolute atomic E-state index is 0.0205. The first-order chi connectivity index (χ1) is 9.81. The van der Waals surface area contributed by atoms with Crippen molar-refractivity contribution < 1.29 is 9.53 Å². The molecule has 0 atom stereocenters. The quantitative estimate of drug-likeness (QED) is 0.247. The highest BCUT2D eigenvalue weighted by atomic mass is 16.5. The van der Waals surface area contributed by atoms with Crippen LogP contribution in [0.1, 0.15) is 90.4 Å². The van der Waals surface area contributed by atoms with E-state index in [0.717, 1.165) is 32.1 Å². The highest BCUT2D eigenvalue weighted by Gasteiger charge is 2.02. The van der Waals surface area contributed by atoms with Crippen LogP contribution < -0.4 is 0 Å². The summed E-state index contributed by atoms with van der Waals surface area (Å²) in [5.41, 5.74) is 0. The van der Waals surface area contributed by atoms with Crippen molar-refractivity contribution in [3.05, 3.63) is 0 Å². The molecule has 0 heterocycles. The maximum atomic E-state index is 11.5. The lowest BCUT2D eigenvalue weighted by Crippen LogP contribution is -2.05. The lowest BCUT2D eigenvalue weighted by molar-refractivity contribution is -0.143. The van der Waals surface area contributed by atoms with E-state index in [-0.39, 0.29) is 5.97 Å². The van der Waals surface area contributed by atoms with Gasteiger partial charge >= 0.3 is 5.97 Å². The van der Waals surface area contributed by atoms with Crippen LogP contribution in [-0.2, 0) is 9.53 Å². The molecule has 0 N–H and O–H groups in total. The number of hydrogen-bond donors (Lipinski definition) is 0. The van der Waals surface area contributed by atoms with Gasteiger partial charge in [-0.3, -0.25) is 4.79 Å². The predicted molar refractivity (Wildman–Crippen MR) is 85.5 cm³/mol. The second kappa shape index (κ2) is 16.1. The van der Waals surface area contributed by atoms with Gasteiger partial charge in [-0.05, 0) is 19.3 Å². The van der Waals surface area contributed by atoms with Gasteiger partial charge in [0, 0.05) is 12.8 Å². The van der Waals surface area contributed by atoms with Gasteiger partial charge < -0.3 is 4.74 Å². The van der Waals surface area contributed by atoms with Crippen molar-refractivity contribution in [1.82, 2.24) is 0 Å². The minimum atomic E-state index is -0.0205. The summed E-state index contributed by atoms with van der Waals surface area (Å²) in [5.74, 6) is 2.64. The molecule has 0 amide bonds. The van der Waals surface area contributed by atoms with E-state index in [9.17, 15) is 4.79 Å². The first kappa shape index (κ1) is 19.0. The van der Waals surface area contributed by atoms with Gasteiger partial charge in [-0.2, -0.15) is 0 Å². The topological polar surface area (TPSA) is 26.3 Å². The standard InChI is InChI=1S/C18H32O2/c1-3-5-7-9-10-11-12-14-16-18(19)20-17-15-13-8-6-4-2/h1H,4-17H2,2H3. The Hall–Kier alpha value is -0.970. The van der Waals surface area contributed by atoms with Gasteiger partial charge in [0.15, 0.2) is 0 Å². The van der Waals surface area contributed by atoms with Crippen molar-refractivity contribution in [2.24, 2.45) is 0 Å². The number of esters is 1. The van der Waals surface area contributed by atoms with Crippen LogP contribution in [0.15, 0.2) is 0 Å². The average Bonchev–Trinajstić information content (AvgIpc) is 2.45. The van der Waals surface area contributed by atoms with E-state index >= 15 is 0 Å². The van der Waals surface area contributed by atoms with Crippen LogP contribution in [0, 0.1) is 12.3 Å². The zero-order chi connectivity index (χ0) is 14.9.